The lowest BCUT2D eigenvalue weighted by atomic mass is 10.0. The van der Waals surface area contributed by atoms with Crippen molar-refractivity contribution in [2.75, 3.05) is 13.7 Å². The number of fused-ring (bicyclic) bond motifs is 1. The van der Waals surface area contributed by atoms with E-state index in [0.29, 0.717) is 23.1 Å². The van der Waals surface area contributed by atoms with Crippen LogP contribution in [0.25, 0.3) is 11.0 Å². The summed E-state index contributed by atoms with van der Waals surface area (Å²) in [4.78, 5) is 7.51. The zero-order chi connectivity index (χ0) is 20.2. The van der Waals surface area contributed by atoms with Gasteiger partial charge in [-0.1, -0.05) is 41.4 Å². The molecule has 0 saturated heterocycles. The highest BCUT2D eigenvalue weighted by atomic mass is 35.5. The van der Waals surface area contributed by atoms with Crippen LogP contribution in [0.3, 0.4) is 0 Å². The lowest BCUT2D eigenvalue weighted by Gasteiger charge is -2.13. The number of nitrogens with zero attached hydrogens (tertiary/aromatic N) is 1. The summed E-state index contributed by atoms with van der Waals surface area (Å²) in [7, 11) is 1.65. The zero-order valence-corrected chi connectivity index (χ0v) is 17.4. The third-order valence-corrected chi connectivity index (χ3v) is 5.21. The van der Waals surface area contributed by atoms with Crippen molar-refractivity contribution < 1.29 is 9.47 Å². The number of hydrogen-bond donors (Lipinski definition) is 1. The Morgan fingerprint density at radius 1 is 1.14 bits per heavy atom. The molecule has 0 fully saturated rings. The molecular formula is C23H20Cl2N2O2. The molecule has 6 heteroatoms. The number of methoxy groups -OCH3 is 1. The van der Waals surface area contributed by atoms with Crippen molar-refractivity contribution in [2.45, 2.75) is 12.8 Å². The fraction of sp³-hybridized carbons (Fsp3) is 0.174. The van der Waals surface area contributed by atoms with Gasteiger partial charge < -0.3 is 14.5 Å². The Labute approximate surface area is 179 Å². The number of pyridine rings is 1. The average Bonchev–Trinajstić information content (AvgIpc) is 2.98. The number of allylic oxidation sites excluding steroid dienone is 5. The Hall–Kier alpha value is -2.69. The first-order valence-corrected chi connectivity index (χ1v) is 10.0. The number of halogens is 2. The summed E-state index contributed by atoms with van der Waals surface area (Å²) in [6, 6.07) is 7.93. The summed E-state index contributed by atoms with van der Waals surface area (Å²) in [6.45, 7) is 0.479. The maximum Gasteiger partial charge on any atom is 0.161 e. The molecule has 0 atom stereocenters. The molecule has 0 spiro atoms. The molecular weight excluding hydrogens is 407 g/mol. The van der Waals surface area contributed by atoms with Crippen molar-refractivity contribution in [1.82, 2.24) is 9.97 Å². The summed E-state index contributed by atoms with van der Waals surface area (Å²) in [6.07, 6.45) is 13.0. The number of rotatable bonds is 6. The van der Waals surface area contributed by atoms with E-state index in [9.17, 15) is 0 Å². The molecule has 3 aromatic rings. The highest BCUT2D eigenvalue weighted by Crippen LogP contribution is 2.31. The van der Waals surface area contributed by atoms with Crippen LogP contribution in [0.5, 0.6) is 11.5 Å². The predicted octanol–water partition coefficient (Wildman–Crippen LogP) is 6.20. The van der Waals surface area contributed by atoms with Crippen LogP contribution >= 0.6 is 23.2 Å². The molecule has 0 radical (unpaired) electrons. The molecule has 4 rings (SSSR count). The first-order chi connectivity index (χ1) is 14.1. The van der Waals surface area contributed by atoms with Crippen molar-refractivity contribution in [3.8, 4) is 11.5 Å². The minimum atomic E-state index is 0.479. The third kappa shape index (κ3) is 4.66. The number of aromatic nitrogens is 2. The molecule has 1 aliphatic rings. The Morgan fingerprint density at radius 2 is 2.03 bits per heavy atom. The van der Waals surface area contributed by atoms with E-state index in [4.69, 9.17) is 32.7 Å². The minimum Gasteiger partial charge on any atom is -0.493 e. The normalized spacial score (nSPS) is 13.8. The van der Waals surface area contributed by atoms with Gasteiger partial charge in [0.05, 0.1) is 12.1 Å². The summed E-state index contributed by atoms with van der Waals surface area (Å²) >= 11 is 12.1. The monoisotopic (exact) mass is 426 g/mol. The third-order valence-electron chi connectivity index (χ3n) is 4.75. The second-order valence-corrected chi connectivity index (χ2v) is 7.67. The van der Waals surface area contributed by atoms with E-state index < -0.39 is 0 Å². The minimum absolute atomic E-state index is 0.479. The second-order valence-electron chi connectivity index (χ2n) is 6.80. The number of benzene rings is 1. The Balaban J connectivity index is 1.50. The fourth-order valence-corrected chi connectivity index (χ4v) is 3.57. The van der Waals surface area contributed by atoms with E-state index in [2.05, 4.69) is 9.97 Å². The van der Waals surface area contributed by atoms with Gasteiger partial charge in [-0.25, -0.2) is 4.98 Å². The molecule has 1 aliphatic carbocycles. The van der Waals surface area contributed by atoms with Gasteiger partial charge in [-0.2, -0.15) is 0 Å². The fourth-order valence-electron chi connectivity index (χ4n) is 3.26. The number of H-pyrrole nitrogens is 1. The summed E-state index contributed by atoms with van der Waals surface area (Å²) in [5.41, 5.74) is 4.22. The predicted molar refractivity (Wildman–Crippen MR) is 118 cm³/mol. The van der Waals surface area contributed by atoms with Crippen LogP contribution in [-0.4, -0.2) is 23.7 Å². The van der Waals surface area contributed by atoms with Gasteiger partial charge in [-0.05, 0) is 59.9 Å². The number of nitrogens with one attached hydrogen (secondary N) is 1. The van der Waals surface area contributed by atoms with E-state index in [1.54, 1.807) is 13.3 Å². The quantitative estimate of drug-likeness (QED) is 0.509. The van der Waals surface area contributed by atoms with Gasteiger partial charge in [-0.3, -0.25) is 0 Å². The largest absolute Gasteiger partial charge is 0.493 e. The molecule has 0 unspecified atom stereocenters. The van der Waals surface area contributed by atoms with Crippen molar-refractivity contribution in [3.63, 3.8) is 0 Å². The van der Waals surface area contributed by atoms with Crippen molar-refractivity contribution in [1.29, 1.82) is 0 Å². The number of hydrogen-bond acceptors (Lipinski definition) is 3. The molecule has 148 valence electrons. The summed E-state index contributed by atoms with van der Waals surface area (Å²) < 4.78 is 11.6. The van der Waals surface area contributed by atoms with Crippen LogP contribution in [0, 0.1) is 0 Å². The van der Waals surface area contributed by atoms with E-state index in [0.717, 1.165) is 45.6 Å². The van der Waals surface area contributed by atoms with Crippen LogP contribution < -0.4 is 9.47 Å². The average molecular weight is 427 g/mol. The molecule has 0 amide bonds. The van der Waals surface area contributed by atoms with Crippen LogP contribution in [0.15, 0.2) is 71.6 Å². The van der Waals surface area contributed by atoms with Crippen LogP contribution in [0.2, 0.25) is 5.02 Å². The van der Waals surface area contributed by atoms with E-state index in [1.807, 2.05) is 54.8 Å². The van der Waals surface area contributed by atoms with E-state index in [1.165, 1.54) is 0 Å². The Kier molecular flexibility index (Phi) is 5.93. The SMILES string of the molecule is COc1cc(Cc2c[nH]c3ncc(Cl)cc23)ccc1OCC1=CC=C(Cl)C=CC1. The number of ether oxygens (including phenoxy) is 2. The van der Waals surface area contributed by atoms with Gasteiger partial charge in [0, 0.05) is 22.8 Å². The lowest BCUT2D eigenvalue weighted by molar-refractivity contribution is 0.317. The molecule has 0 bridgehead atoms. The van der Waals surface area contributed by atoms with Gasteiger partial charge in [-0.15, -0.1) is 0 Å². The zero-order valence-electron chi connectivity index (χ0n) is 15.9. The topological polar surface area (TPSA) is 47.1 Å². The molecule has 1 aromatic carbocycles. The second kappa shape index (κ2) is 8.76. The number of aromatic amines is 1. The molecule has 2 heterocycles. The summed E-state index contributed by atoms with van der Waals surface area (Å²) in [5, 5.41) is 2.37. The Bertz CT molecular complexity index is 1130. The Morgan fingerprint density at radius 3 is 2.90 bits per heavy atom. The lowest BCUT2D eigenvalue weighted by Crippen LogP contribution is -2.02. The maximum absolute atomic E-state index is 6.10. The van der Waals surface area contributed by atoms with Gasteiger partial charge in [0.2, 0.25) is 0 Å². The molecule has 4 nitrogen and oxygen atoms in total. The molecule has 29 heavy (non-hydrogen) atoms. The van der Waals surface area contributed by atoms with E-state index in [-0.39, 0.29) is 0 Å². The van der Waals surface area contributed by atoms with Gasteiger partial charge in [0.1, 0.15) is 12.3 Å². The highest BCUT2D eigenvalue weighted by Gasteiger charge is 2.11. The summed E-state index contributed by atoms with van der Waals surface area (Å²) in [5.74, 6) is 1.42. The smallest absolute Gasteiger partial charge is 0.161 e. The van der Waals surface area contributed by atoms with Crippen molar-refractivity contribution in [3.05, 3.63) is 87.7 Å². The highest BCUT2D eigenvalue weighted by molar-refractivity contribution is 6.31. The van der Waals surface area contributed by atoms with Gasteiger partial charge >= 0.3 is 0 Å². The van der Waals surface area contributed by atoms with Crippen LogP contribution in [0.1, 0.15) is 17.5 Å². The van der Waals surface area contributed by atoms with E-state index >= 15 is 0 Å². The standard InChI is InChI=1S/C23H20Cl2N2O2/c1-28-22-10-16(9-17-12-26-23-20(17)11-19(25)13-27-23)6-8-21(22)29-14-15-3-2-4-18(24)7-5-15/h2,4-8,10-13H,3,9,14H2,1H3,(H,26,27). The molecule has 1 N–H and O–H groups in total. The molecule has 2 aromatic heterocycles. The van der Waals surface area contributed by atoms with Crippen molar-refractivity contribution >= 4 is 34.2 Å². The first-order valence-electron chi connectivity index (χ1n) is 9.25. The van der Waals surface area contributed by atoms with Crippen molar-refractivity contribution in [2.24, 2.45) is 0 Å². The van der Waals surface area contributed by atoms with Gasteiger partial charge in [0.25, 0.3) is 0 Å². The molecule has 0 saturated carbocycles. The first kappa shape index (κ1) is 19.6. The molecule has 0 aliphatic heterocycles. The maximum atomic E-state index is 6.10. The van der Waals surface area contributed by atoms with Crippen LogP contribution in [0.4, 0.5) is 0 Å². The van der Waals surface area contributed by atoms with Gasteiger partial charge in [0.15, 0.2) is 11.5 Å². The van der Waals surface area contributed by atoms with Crippen LogP contribution in [-0.2, 0) is 6.42 Å².